The minimum atomic E-state index is 0.577. The monoisotopic (exact) mass is 704 g/mol. The minimum Gasteiger partial charge on any atom is -0.278 e. The molecule has 7 aromatic carbocycles. The first-order valence-electron chi connectivity index (χ1n) is 18.3. The van der Waals surface area contributed by atoms with Gasteiger partial charge in [-0.25, -0.2) is 15.0 Å². The summed E-state index contributed by atoms with van der Waals surface area (Å²) >= 11 is 0. The SMILES string of the molecule is c1ccc(-c2cc(-c3cccc(-c4ccc(-c5nc(-c6ccccc6)nc(-n6c7ccccc7c7ccccc76)n5)cc4)c3)nc(-c3ccccc3)n2)cc1. The lowest BCUT2D eigenvalue weighted by atomic mass is 9.99. The fraction of sp³-hybridized carbons (Fsp3) is 0. The van der Waals surface area contributed by atoms with E-state index in [1.54, 1.807) is 0 Å². The molecular formula is C49H32N6. The molecule has 258 valence electrons. The van der Waals surface area contributed by atoms with Crippen LogP contribution in [0.4, 0.5) is 0 Å². The first kappa shape index (κ1) is 32.1. The highest BCUT2D eigenvalue weighted by Gasteiger charge is 2.18. The second-order valence-corrected chi connectivity index (χ2v) is 13.4. The summed E-state index contributed by atoms with van der Waals surface area (Å²) in [5.41, 5.74) is 10.9. The van der Waals surface area contributed by atoms with Crippen molar-refractivity contribution in [2.45, 2.75) is 0 Å². The van der Waals surface area contributed by atoms with Gasteiger partial charge in [-0.15, -0.1) is 0 Å². The van der Waals surface area contributed by atoms with Crippen LogP contribution in [0.25, 0.3) is 95.6 Å². The molecule has 0 aliphatic heterocycles. The van der Waals surface area contributed by atoms with Crippen molar-refractivity contribution in [2.24, 2.45) is 0 Å². The van der Waals surface area contributed by atoms with Crippen molar-refractivity contribution >= 4 is 21.8 Å². The Morgan fingerprint density at radius 1 is 0.273 bits per heavy atom. The van der Waals surface area contributed by atoms with Crippen LogP contribution in [-0.4, -0.2) is 29.5 Å². The summed E-state index contributed by atoms with van der Waals surface area (Å²) in [6.45, 7) is 0. The second kappa shape index (κ2) is 13.8. The summed E-state index contributed by atoms with van der Waals surface area (Å²) in [7, 11) is 0. The minimum absolute atomic E-state index is 0.577. The Morgan fingerprint density at radius 2 is 0.691 bits per heavy atom. The molecule has 0 spiro atoms. The fourth-order valence-electron chi connectivity index (χ4n) is 7.19. The van der Waals surface area contributed by atoms with Crippen molar-refractivity contribution in [3.05, 3.63) is 194 Å². The Hall–Kier alpha value is -7.57. The third-order valence-corrected chi connectivity index (χ3v) is 9.90. The predicted octanol–water partition coefficient (Wildman–Crippen LogP) is 11.8. The van der Waals surface area contributed by atoms with E-state index in [0.717, 1.165) is 72.1 Å². The van der Waals surface area contributed by atoms with E-state index in [1.165, 1.54) is 0 Å². The van der Waals surface area contributed by atoms with E-state index < -0.39 is 0 Å². The summed E-state index contributed by atoms with van der Waals surface area (Å²) in [5, 5.41) is 2.31. The number of rotatable bonds is 7. The van der Waals surface area contributed by atoms with E-state index in [0.29, 0.717) is 23.4 Å². The standard InChI is InChI=1S/C49H32N6/c1-4-15-34(16-5-1)42-32-43(51-46(50-42)35-17-6-2-7-18-35)39-22-14-21-38(31-39)33-27-29-37(30-28-33)48-52-47(36-19-8-3-9-20-36)53-49(54-48)55-44-25-12-10-23-40(44)41-24-11-13-26-45(41)55/h1-32H. The molecule has 0 saturated carbocycles. The van der Waals surface area contributed by atoms with Crippen LogP contribution >= 0.6 is 0 Å². The number of hydrogen-bond acceptors (Lipinski definition) is 5. The quantitative estimate of drug-likeness (QED) is 0.165. The molecule has 0 radical (unpaired) electrons. The van der Waals surface area contributed by atoms with Gasteiger partial charge in [-0.1, -0.05) is 170 Å². The molecule has 0 N–H and O–H groups in total. The average Bonchev–Trinajstić information content (AvgIpc) is 3.61. The Bertz CT molecular complexity index is 2850. The maximum absolute atomic E-state index is 5.12. The van der Waals surface area contributed by atoms with Crippen molar-refractivity contribution in [2.75, 3.05) is 0 Å². The number of fused-ring (bicyclic) bond motifs is 3. The molecule has 0 unspecified atom stereocenters. The number of nitrogens with zero attached hydrogens (tertiary/aromatic N) is 6. The Balaban J connectivity index is 1.05. The largest absolute Gasteiger partial charge is 0.278 e. The summed E-state index contributed by atoms with van der Waals surface area (Å²) in [6, 6.07) is 66.3. The molecule has 10 aromatic rings. The van der Waals surface area contributed by atoms with Gasteiger partial charge in [0.1, 0.15) is 0 Å². The molecule has 0 bridgehead atoms. The predicted molar refractivity (Wildman–Crippen MR) is 222 cm³/mol. The van der Waals surface area contributed by atoms with Gasteiger partial charge in [0.05, 0.1) is 22.4 Å². The van der Waals surface area contributed by atoms with Crippen molar-refractivity contribution in [3.63, 3.8) is 0 Å². The van der Waals surface area contributed by atoms with Crippen molar-refractivity contribution in [1.29, 1.82) is 0 Å². The zero-order valence-corrected chi connectivity index (χ0v) is 29.7. The van der Waals surface area contributed by atoms with E-state index in [4.69, 9.17) is 24.9 Å². The zero-order chi connectivity index (χ0) is 36.6. The van der Waals surface area contributed by atoms with E-state index in [1.807, 2.05) is 78.9 Å². The van der Waals surface area contributed by atoms with Crippen molar-refractivity contribution < 1.29 is 0 Å². The molecule has 0 saturated heterocycles. The number of para-hydroxylation sites is 2. The third kappa shape index (κ3) is 6.11. The molecule has 0 aliphatic rings. The highest BCUT2D eigenvalue weighted by Crippen LogP contribution is 2.34. The molecule has 6 nitrogen and oxygen atoms in total. The number of aromatic nitrogens is 6. The van der Waals surface area contributed by atoms with Crippen LogP contribution in [0, 0.1) is 0 Å². The number of hydrogen-bond donors (Lipinski definition) is 0. The van der Waals surface area contributed by atoms with E-state index in [-0.39, 0.29) is 0 Å². The lowest BCUT2D eigenvalue weighted by Crippen LogP contribution is -2.06. The van der Waals surface area contributed by atoms with Gasteiger partial charge < -0.3 is 0 Å². The zero-order valence-electron chi connectivity index (χ0n) is 29.7. The Morgan fingerprint density at radius 3 is 1.27 bits per heavy atom. The highest BCUT2D eigenvalue weighted by atomic mass is 15.2. The first-order valence-corrected chi connectivity index (χ1v) is 18.3. The van der Waals surface area contributed by atoms with Crippen LogP contribution in [-0.2, 0) is 0 Å². The second-order valence-electron chi connectivity index (χ2n) is 13.4. The fourth-order valence-corrected chi connectivity index (χ4v) is 7.19. The Labute approximate surface area is 318 Å². The molecule has 0 amide bonds. The smallest absolute Gasteiger partial charge is 0.238 e. The molecule has 0 atom stereocenters. The molecule has 0 fully saturated rings. The molecule has 10 rings (SSSR count). The van der Waals surface area contributed by atoms with Gasteiger partial charge in [0, 0.05) is 38.6 Å². The molecule has 3 heterocycles. The summed E-state index contributed by atoms with van der Waals surface area (Å²) in [6.07, 6.45) is 0. The van der Waals surface area contributed by atoms with Crippen LogP contribution < -0.4 is 0 Å². The van der Waals surface area contributed by atoms with Gasteiger partial charge in [0.2, 0.25) is 5.95 Å². The van der Waals surface area contributed by atoms with E-state index in [9.17, 15) is 0 Å². The maximum atomic E-state index is 5.12. The lowest BCUT2D eigenvalue weighted by Gasteiger charge is -2.12. The van der Waals surface area contributed by atoms with Crippen molar-refractivity contribution in [3.8, 4) is 73.8 Å². The van der Waals surface area contributed by atoms with E-state index in [2.05, 4.69) is 120 Å². The molecule has 0 aliphatic carbocycles. The van der Waals surface area contributed by atoms with Crippen LogP contribution in [0.3, 0.4) is 0 Å². The Kier molecular flexibility index (Phi) is 8.04. The summed E-state index contributed by atoms with van der Waals surface area (Å²) < 4.78 is 2.14. The molecular weight excluding hydrogens is 673 g/mol. The first-order chi connectivity index (χ1) is 27.2. The highest BCUT2D eigenvalue weighted by molar-refractivity contribution is 6.09. The van der Waals surface area contributed by atoms with Gasteiger partial charge in [0.15, 0.2) is 17.5 Å². The normalized spacial score (nSPS) is 11.3. The van der Waals surface area contributed by atoms with Crippen LogP contribution in [0.2, 0.25) is 0 Å². The average molecular weight is 705 g/mol. The summed E-state index contributed by atoms with van der Waals surface area (Å²) in [4.78, 5) is 25.2. The molecule has 55 heavy (non-hydrogen) atoms. The third-order valence-electron chi connectivity index (χ3n) is 9.90. The lowest BCUT2D eigenvalue weighted by molar-refractivity contribution is 0.953. The van der Waals surface area contributed by atoms with Crippen molar-refractivity contribution in [1.82, 2.24) is 29.5 Å². The van der Waals surface area contributed by atoms with Gasteiger partial charge in [-0.3, -0.25) is 4.57 Å². The van der Waals surface area contributed by atoms with Crippen LogP contribution in [0.5, 0.6) is 0 Å². The summed E-state index contributed by atoms with van der Waals surface area (Å²) in [5.74, 6) is 2.49. The van der Waals surface area contributed by atoms with Gasteiger partial charge in [-0.05, 0) is 35.4 Å². The van der Waals surface area contributed by atoms with Crippen LogP contribution in [0.15, 0.2) is 194 Å². The van der Waals surface area contributed by atoms with Gasteiger partial charge >= 0.3 is 0 Å². The molecule has 6 heteroatoms. The van der Waals surface area contributed by atoms with Gasteiger partial charge in [0.25, 0.3) is 0 Å². The maximum Gasteiger partial charge on any atom is 0.238 e. The van der Waals surface area contributed by atoms with Crippen LogP contribution in [0.1, 0.15) is 0 Å². The van der Waals surface area contributed by atoms with E-state index >= 15 is 0 Å². The van der Waals surface area contributed by atoms with Gasteiger partial charge in [-0.2, -0.15) is 9.97 Å². The molecule has 3 aromatic heterocycles. The number of benzene rings is 7. The topological polar surface area (TPSA) is 69.4 Å².